The number of fused-ring (bicyclic) bond motifs is 1. The number of carbonyl (C=O) groups excluding carboxylic acids is 3. The highest BCUT2D eigenvalue weighted by atomic mass is 32.2. The molecule has 0 saturated carbocycles. The second-order valence-corrected chi connectivity index (χ2v) is 7.87. The number of hydrogen-bond donors (Lipinski definition) is 1. The molecule has 0 radical (unpaired) electrons. The lowest BCUT2D eigenvalue weighted by Gasteiger charge is -2.15. The van der Waals surface area contributed by atoms with E-state index in [9.17, 15) is 14.4 Å². The molecular formula is C20H22N4O4S. The molecule has 0 aliphatic carbocycles. The Balaban J connectivity index is 1.72. The van der Waals surface area contributed by atoms with Crippen LogP contribution >= 0.6 is 11.8 Å². The predicted octanol–water partition coefficient (Wildman–Crippen LogP) is 2.51. The number of nitrogen functional groups attached to an aromatic ring is 1. The third-order valence-corrected chi connectivity index (χ3v) is 5.56. The fraction of sp³-hybridized carbons (Fsp3) is 0.350. The van der Waals surface area contributed by atoms with E-state index in [4.69, 9.17) is 10.5 Å². The molecule has 1 aromatic carbocycles. The fourth-order valence-electron chi connectivity index (χ4n) is 3.13. The number of carbonyl (C=O) groups is 3. The van der Waals surface area contributed by atoms with Gasteiger partial charge in [-0.2, -0.15) is 0 Å². The molecular weight excluding hydrogens is 392 g/mol. The average molecular weight is 414 g/mol. The smallest absolute Gasteiger partial charge is 0.343 e. The molecule has 152 valence electrons. The Morgan fingerprint density at radius 3 is 2.76 bits per heavy atom. The van der Waals surface area contributed by atoms with E-state index < -0.39 is 11.2 Å². The summed E-state index contributed by atoms with van der Waals surface area (Å²) in [4.78, 5) is 46.2. The standard InChI is InChI=1S/C20H22N4O4S/c1-4-28-19(27)15-10-22-20(23-18(15)21)29-11(2)17(26)14-5-6-16-13(9-14)7-8-24(16)12(3)25/h5-6,9-11H,4,7-8H2,1-3H3,(H2,21,22,23). The van der Waals surface area contributed by atoms with Crippen LogP contribution in [0, 0.1) is 0 Å². The Morgan fingerprint density at radius 2 is 2.10 bits per heavy atom. The molecule has 3 rings (SSSR count). The SMILES string of the molecule is CCOC(=O)c1cnc(SC(C)C(=O)c2ccc3c(c2)CCN3C(C)=O)nc1N. The quantitative estimate of drug-likeness (QED) is 0.332. The van der Waals surface area contributed by atoms with Crippen molar-refractivity contribution in [1.29, 1.82) is 0 Å². The number of ether oxygens (including phenoxy) is 1. The Kier molecular flexibility index (Phi) is 6.17. The van der Waals surface area contributed by atoms with Crippen LogP contribution in [-0.2, 0) is 16.0 Å². The number of rotatable bonds is 6. The minimum atomic E-state index is -0.580. The van der Waals surface area contributed by atoms with E-state index in [1.54, 1.807) is 24.8 Å². The van der Waals surface area contributed by atoms with Gasteiger partial charge in [0, 0.05) is 30.9 Å². The lowest BCUT2D eigenvalue weighted by atomic mass is 10.0. The highest BCUT2D eigenvalue weighted by Gasteiger charge is 2.25. The number of aromatic nitrogens is 2. The Hall–Kier alpha value is -2.94. The minimum Gasteiger partial charge on any atom is -0.462 e. The van der Waals surface area contributed by atoms with Crippen molar-refractivity contribution in [2.45, 2.75) is 37.6 Å². The average Bonchev–Trinajstić information content (AvgIpc) is 3.11. The predicted molar refractivity (Wildman–Crippen MR) is 110 cm³/mol. The number of benzene rings is 1. The molecule has 1 aliphatic heterocycles. The van der Waals surface area contributed by atoms with Crippen LogP contribution in [0.5, 0.6) is 0 Å². The lowest BCUT2D eigenvalue weighted by Crippen LogP contribution is -2.25. The number of ketones is 1. The van der Waals surface area contributed by atoms with Crippen LogP contribution < -0.4 is 10.6 Å². The van der Waals surface area contributed by atoms with E-state index in [1.165, 1.54) is 13.1 Å². The minimum absolute atomic E-state index is 0.00671. The van der Waals surface area contributed by atoms with Gasteiger partial charge in [0.15, 0.2) is 10.9 Å². The van der Waals surface area contributed by atoms with Crippen molar-refractivity contribution >= 4 is 40.9 Å². The summed E-state index contributed by atoms with van der Waals surface area (Å²) >= 11 is 1.16. The zero-order valence-corrected chi connectivity index (χ0v) is 17.3. The lowest BCUT2D eigenvalue weighted by molar-refractivity contribution is -0.116. The highest BCUT2D eigenvalue weighted by Crippen LogP contribution is 2.31. The first-order chi connectivity index (χ1) is 13.8. The first kappa shape index (κ1) is 20.8. The van der Waals surface area contributed by atoms with Gasteiger partial charge >= 0.3 is 5.97 Å². The summed E-state index contributed by atoms with van der Waals surface area (Å²) in [6, 6.07) is 5.40. The third-order valence-electron chi connectivity index (χ3n) is 4.58. The van der Waals surface area contributed by atoms with Gasteiger partial charge in [-0.25, -0.2) is 14.8 Å². The zero-order valence-electron chi connectivity index (χ0n) is 16.5. The van der Waals surface area contributed by atoms with Crippen LogP contribution in [0.25, 0.3) is 0 Å². The fourth-order valence-corrected chi connectivity index (χ4v) is 3.95. The molecule has 1 aliphatic rings. The van der Waals surface area contributed by atoms with Gasteiger partial charge in [-0.1, -0.05) is 11.8 Å². The largest absolute Gasteiger partial charge is 0.462 e. The maximum Gasteiger partial charge on any atom is 0.343 e. The Labute approximate surface area is 172 Å². The van der Waals surface area contributed by atoms with E-state index in [0.717, 1.165) is 29.4 Å². The summed E-state index contributed by atoms with van der Waals surface area (Å²) in [5.74, 6) is -0.644. The summed E-state index contributed by atoms with van der Waals surface area (Å²) in [5.41, 5.74) is 8.36. The van der Waals surface area contributed by atoms with Crippen molar-refractivity contribution in [3.05, 3.63) is 41.1 Å². The number of anilines is 2. The van der Waals surface area contributed by atoms with Crippen LogP contribution in [0.4, 0.5) is 11.5 Å². The maximum absolute atomic E-state index is 12.8. The number of thioether (sulfide) groups is 1. The van der Waals surface area contributed by atoms with Gasteiger partial charge in [-0.3, -0.25) is 9.59 Å². The molecule has 1 aromatic heterocycles. The Morgan fingerprint density at radius 1 is 1.34 bits per heavy atom. The monoisotopic (exact) mass is 414 g/mol. The molecule has 8 nitrogen and oxygen atoms in total. The summed E-state index contributed by atoms with van der Waals surface area (Å²) in [6.45, 7) is 5.85. The van der Waals surface area contributed by atoms with Crippen molar-refractivity contribution in [2.24, 2.45) is 0 Å². The normalized spacial score (nSPS) is 13.7. The molecule has 1 amide bonds. The second-order valence-electron chi connectivity index (χ2n) is 6.56. The molecule has 2 heterocycles. The molecule has 9 heteroatoms. The molecule has 1 unspecified atom stereocenters. The van der Waals surface area contributed by atoms with Crippen LogP contribution in [0.2, 0.25) is 0 Å². The topological polar surface area (TPSA) is 115 Å². The molecule has 2 aromatic rings. The Bertz CT molecular complexity index is 979. The molecule has 0 saturated heterocycles. The van der Waals surface area contributed by atoms with Crippen molar-refractivity contribution < 1.29 is 19.1 Å². The van der Waals surface area contributed by atoms with Crippen LogP contribution in [0.1, 0.15) is 47.1 Å². The second kappa shape index (κ2) is 8.60. The number of nitrogens with two attached hydrogens (primary N) is 1. The first-order valence-electron chi connectivity index (χ1n) is 9.23. The van der Waals surface area contributed by atoms with Gasteiger partial charge in [0.05, 0.1) is 11.9 Å². The van der Waals surface area contributed by atoms with Gasteiger partial charge in [0.2, 0.25) is 5.91 Å². The number of nitrogens with zero attached hydrogens (tertiary/aromatic N) is 3. The van der Waals surface area contributed by atoms with E-state index in [1.807, 2.05) is 12.1 Å². The summed E-state index contributed by atoms with van der Waals surface area (Å²) in [6.07, 6.45) is 2.04. The zero-order chi connectivity index (χ0) is 21.1. The van der Waals surface area contributed by atoms with E-state index >= 15 is 0 Å². The van der Waals surface area contributed by atoms with Crippen molar-refractivity contribution in [1.82, 2.24) is 9.97 Å². The maximum atomic E-state index is 12.8. The summed E-state index contributed by atoms with van der Waals surface area (Å²) in [7, 11) is 0. The summed E-state index contributed by atoms with van der Waals surface area (Å²) in [5, 5.41) is -0.147. The van der Waals surface area contributed by atoms with Gasteiger partial charge < -0.3 is 15.4 Å². The van der Waals surface area contributed by atoms with Crippen LogP contribution in [-0.4, -0.2) is 46.0 Å². The van der Waals surface area contributed by atoms with Gasteiger partial charge in [-0.15, -0.1) is 0 Å². The van der Waals surface area contributed by atoms with Gasteiger partial charge in [0.25, 0.3) is 0 Å². The first-order valence-corrected chi connectivity index (χ1v) is 10.1. The van der Waals surface area contributed by atoms with Gasteiger partial charge in [0.1, 0.15) is 11.4 Å². The van der Waals surface area contributed by atoms with Crippen LogP contribution in [0.15, 0.2) is 29.6 Å². The summed E-state index contributed by atoms with van der Waals surface area (Å²) < 4.78 is 4.90. The highest BCUT2D eigenvalue weighted by molar-refractivity contribution is 8.00. The van der Waals surface area contributed by atoms with Crippen molar-refractivity contribution in [3.63, 3.8) is 0 Å². The number of esters is 1. The van der Waals surface area contributed by atoms with Crippen LogP contribution in [0.3, 0.4) is 0 Å². The third kappa shape index (κ3) is 4.40. The van der Waals surface area contributed by atoms with E-state index in [0.29, 0.717) is 17.3 Å². The molecule has 1 atom stereocenters. The number of hydrogen-bond acceptors (Lipinski definition) is 8. The molecule has 0 fully saturated rings. The number of amides is 1. The van der Waals surface area contributed by atoms with Crippen molar-refractivity contribution in [2.75, 3.05) is 23.8 Å². The molecule has 2 N–H and O–H groups in total. The van der Waals surface area contributed by atoms with E-state index in [2.05, 4.69) is 9.97 Å². The molecule has 0 bridgehead atoms. The van der Waals surface area contributed by atoms with E-state index in [-0.39, 0.29) is 29.7 Å². The van der Waals surface area contributed by atoms with Gasteiger partial charge in [-0.05, 0) is 44.0 Å². The van der Waals surface area contributed by atoms with Crippen molar-refractivity contribution in [3.8, 4) is 0 Å². The number of Topliss-reactive ketones (excluding diaryl/α,β-unsaturated/α-hetero) is 1. The molecule has 0 spiro atoms. The molecule has 29 heavy (non-hydrogen) atoms.